The molecule has 6 nitrogen and oxygen atoms in total. The van der Waals surface area contributed by atoms with Crippen LogP contribution in [0.25, 0.3) is 0 Å². The van der Waals surface area contributed by atoms with Gasteiger partial charge < -0.3 is 14.8 Å². The van der Waals surface area contributed by atoms with E-state index < -0.39 is 15.9 Å². The van der Waals surface area contributed by atoms with Gasteiger partial charge in [0.25, 0.3) is 5.91 Å². The molecule has 2 aromatic carbocycles. The SMILES string of the molecule is CC[C@@H](Oc1ccc(OC)cc1)C(=O)N[C@@H](C)c1ccc(S(C)(=O)=O)cc1. The monoisotopic (exact) mass is 391 g/mol. The van der Waals surface area contributed by atoms with Crippen LogP contribution in [0.15, 0.2) is 53.4 Å². The predicted molar refractivity (Wildman–Crippen MR) is 104 cm³/mol. The Bertz CT molecular complexity index is 860. The summed E-state index contributed by atoms with van der Waals surface area (Å²) in [6, 6.07) is 13.2. The molecule has 2 atom stereocenters. The van der Waals surface area contributed by atoms with Crippen molar-refractivity contribution in [3.05, 3.63) is 54.1 Å². The molecule has 27 heavy (non-hydrogen) atoms. The van der Waals surface area contributed by atoms with Crippen LogP contribution >= 0.6 is 0 Å². The van der Waals surface area contributed by atoms with Gasteiger partial charge in [-0.2, -0.15) is 0 Å². The Morgan fingerprint density at radius 2 is 1.59 bits per heavy atom. The second-order valence-electron chi connectivity index (χ2n) is 6.26. The first kappa shape index (κ1) is 20.8. The lowest BCUT2D eigenvalue weighted by atomic mass is 10.1. The quantitative estimate of drug-likeness (QED) is 0.748. The molecule has 0 spiro atoms. The van der Waals surface area contributed by atoms with E-state index in [2.05, 4.69) is 5.32 Å². The number of benzene rings is 2. The average molecular weight is 391 g/mol. The van der Waals surface area contributed by atoms with Crippen molar-refractivity contribution in [1.29, 1.82) is 0 Å². The third-order valence-corrected chi connectivity index (χ3v) is 5.30. The number of sulfone groups is 1. The van der Waals surface area contributed by atoms with Gasteiger partial charge in [-0.1, -0.05) is 19.1 Å². The first-order valence-corrected chi connectivity index (χ1v) is 10.5. The van der Waals surface area contributed by atoms with Gasteiger partial charge in [0.2, 0.25) is 0 Å². The van der Waals surface area contributed by atoms with E-state index in [1.54, 1.807) is 55.6 Å². The summed E-state index contributed by atoms with van der Waals surface area (Å²) in [6.07, 6.45) is 1.05. The molecule has 0 aliphatic rings. The van der Waals surface area contributed by atoms with Gasteiger partial charge in [0.05, 0.1) is 18.0 Å². The van der Waals surface area contributed by atoms with Crippen LogP contribution < -0.4 is 14.8 Å². The van der Waals surface area contributed by atoms with E-state index in [1.807, 2.05) is 13.8 Å². The van der Waals surface area contributed by atoms with Crippen molar-refractivity contribution in [2.45, 2.75) is 37.3 Å². The van der Waals surface area contributed by atoms with E-state index in [1.165, 1.54) is 0 Å². The maximum Gasteiger partial charge on any atom is 0.261 e. The van der Waals surface area contributed by atoms with Crippen LogP contribution in [-0.4, -0.2) is 33.8 Å². The molecule has 0 bridgehead atoms. The highest BCUT2D eigenvalue weighted by Crippen LogP contribution is 2.20. The lowest BCUT2D eigenvalue weighted by Crippen LogP contribution is -2.39. The zero-order chi connectivity index (χ0) is 20.0. The predicted octanol–water partition coefficient (Wildman–Crippen LogP) is 3.13. The molecule has 0 aliphatic carbocycles. The lowest BCUT2D eigenvalue weighted by Gasteiger charge is -2.21. The molecule has 0 unspecified atom stereocenters. The van der Waals surface area contributed by atoms with Crippen molar-refractivity contribution in [3.8, 4) is 11.5 Å². The maximum atomic E-state index is 12.6. The zero-order valence-corrected chi connectivity index (χ0v) is 16.7. The van der Waals surface area contributed by atoms with Crippen molar-refractivity contribution in [3.63, 3.8) is 0 Å². The summed E-state index contributed by atoms with van der Waals surface area (Å²) in [4.78, 5) is 12.8. The van der Waals surface area contributed by atoms with Gasteiger partial charge in [-0.15, -0.1) is 0 Å². The van der Waals surface area contributed by atoms with Gasteiger partial charge in [0.1, 0.15) is 11.5 Å². The Balaban J connectivity index is 2.02. The first-order chi connectivity index (χ1) is 12.7. The molecule has 0 heterocycles. The Kier molecular flexibility index (Phi) is 6.85. The fourth-order valence-corrected chi connectivity index (χ4v) is 3.16. The highest BCUT2D eigenvalue weighted by Gasteiger charge is 2.21. The first-order valence-electron chi connectivity index (χ1n) is 8.65. The van der Waals surface area contributed by atoms with Crippen LogP contribution in [-0.2, 0) is 14.6 Å². The molecule has 0 aromatic heterocycles. The normalized spacial score (nSPS) is 13.5. The molecule has 1 amide bonds. The Labute approximate surface area is 160 Å². The van der Waals surface area contributed by atoms with Crippen LogP contribution in [0.5, 0.6) is 11.5 Å². The molecule has 146 valence electrons. The fourth-order valence-electron chi connectivity index (χ4n) is 2.53. The molecule has 0 fully saturated rings. The number of hydrogen-bond donors (Lipinski definition) is 1. The minimum absolute atomic E-state index is 0.229. The summed E-state index contributed by atoms with van der Waals surface area (Å²) in [6.45, 7) is 3.72. The summed E-state index contributed by atoms with van der Waals surface area (Å²) >= 11 is 0. The molecule has 0 radical (unpaired) electrons. The van der Waals surface area contributed by atoms with Crippen molar-refractivity contribution in [1.82, 2.24) is 5.32 Å². The van der Waals surface area contributed by atoms with Crippen molar-refractivity contribution in [2.75, 3.05) is 13.4 Å². The fraction of sp³-hybridized carbons (Fsp3) is 0.350. The smallest absolute Gasteiger partial charge is 0.261 e. The van der Waals surface area contributed by atoms with Gasteiger partial charge in [-0.3, -0.25) is 4.79 Å². The van der Waals surface area contributed by atoms with E-state index in [4.69, 9.17) is 9.47 Å². The van der Waals surface area contributed by atoms with Gasteiger partial charge in [0.15, 0.2) is 15.9 Å². The molecule has 2 rings (SSSR count). The van der Waals surface area contributed by atoms with Crippen molar-refractivity contribution < 1.29 is 22.7 Å². The molecular formula is C20H25NO5S. The topological polar surface area (TPSA) is 81.7 Å². The second kappa shape index (κ2) is 8.90. The van der Waals surface area contributed by atoms with Crippen LogP contribution in [0.3, 0.4) is 0 Å². The van der Waals surface area contributed by atoms with Crippen molar-refractivity contribution in [2.24, 2.45) is 0 Å². The number of carbonyl (C=O) groups excluding carboxylic acids is 1. The minimum Gasteiger partial charge on any atom is -0.497 e. The van der Waals surface area contributed by atoms with Gasteiger partial charge in [0, 0.05) is 6.26 Å². The summed E-state index contributed by atoms with van der Waals surface area (Å²) in [5.74, 6) is 1.07. The summed E-state index contributed by atoms with van der Waals surface area (Å²) < 4.78 is 34.0. The van der Waals surface area contributed by atoms with E-state index >= 15 is 0 Å². The third kappa shape index (κ3) is 5.72. The van der Waals surface area contributed by atoms with Gasteiger partial charge in [-0.25, -0.2) is 8.42 Å². The summed E-state index contributed by atoms with van der Waals surface area (Å²) in [5.41, 5.74) is 0.815. The second-order valence-corrected chi connectivity index (χ2v) is 8.28. The zero-order valence-electron chi connectivity index (χ0n) is 15.9. The highest BCUT2D eigenvalue weighted by molar-refractivity contribution is 7.90. The van der Waals surface area contributed by atoms with E-state index in [9.17, 15) is 13.2 Å². The Morgan fingerprint density at radius 1 is 1.04 bits per heavy atom. The standard InChI is InChI=1S/C20H25NO5S/c1-5-19(26-17-10-8-16(25-3)9-11-17)20(22)21-14(2)15-6-12-18(13-7-15)27(4,23)24/h6-14,19H,5H2,1-4H3,(H,21,22)/t14-,19+/m0/s1. The van der Waals surface area contributed by atoms with Crippen molar-refractivity contribution >= 4 is 15.7 Å². The largest absolute Gasteiger partial charge is 0.497 e. The molecule has 2 aromatic rings. The summed E-state index contributed by atoms with van der Waals surface area (Å²) in [7, 11) is -1.66. The number of ether oxygens (including phenoxy) is 2. The molecule has 1 N–H and O–H groups in total. The number of amides is 1. The van der Waals surface area contributed by atoms with E-state index in [-0.39, 0.29) is 16.8 Å². The van der Waals surface area contributed by atoms with Crippen LogP contribution in [0.1, 0.15) is 31.9 Å². The van der Waals surface area contributed by atoms with E-state index in [0.29, 0.717) is 17.9 Å². The third-order valence-electron chi connectivity index (χ3n) is 4.17. The molecule has 0 saturated heterocycles. The van der Waals surface area contributed by atoms with Crippen LogP contribution in [0, 0.1) is 0 Å². The maximum absolute atomic E-state index is 12.6. The summed E-state index contributed by atoms with van der Waals surface area (Å²) in [5, 5.41) is 2.91. The number of carbonyl (C=O) groups is 1. The molecule has 7 heteroatoms. The Hall–Kier alpha value is -2.54. The highest BCUT2D eigenvalue weighted by atomic mass is 32.2. The number of hydrogen-bond acceptors (Lipinski definition) is 5. The van der Waals surface area contributed by atoms with Gasteiger partial charge >= 0.3 is 0 Å². The molecule has 0 aliphatic heterocycles. The Morgan fingerprint density at radius 3 is 2.07 bits per heavy atom. The number of nitrogens with one attached hydrogen (secondary N) is 1. The van der Waals surface area contributed by atoms with Crippen LogP contribution in [0.4, 0.5) is 0 Å². The minimum atomic E-state index is -3.24. The van der Waals surface area contributed by atoms with Gasteiger partial charge in [-0.05, 0) is 55.3 Å². The molecular weight excluding hydrogens is 366 g/mol. The average Bonchev–Trinajstić information content (AvgIpc) is 2.65. The van der Waals surface area contributed by atoms with Crippen LogP contribution in [0.2, 0.25) is 0 Å². The van der Waals surface area contributed by atoms with E-state index in [0.717, 1.165) is 11.8 Å². The number of rotatable bonds is 8. The molecule has 0 saturated carbocycles. The lowest BCUT2D eigenvalue weighted by molar-refractivity contribution is -0.128. The number of methoxy groups -OCH3 is 1.